The summed E-state index contributed by atoms with van der Waals surface area (Å²) < 4.78 is 5.49. The summed E-state index contributed by atoms with van der Waals surface area (Å²) in [5.74, 6) is -0.0795. The molecule has 0 bridgehead atoms. The van der Waals surface area contributed by atoms with E-state index in [1.54, 1.807) is 6.08 Å². The highest BCUT2D eigenvalue weighted by atomic mass is 16.5. The molecule has 2 atom stereocenters. The van der Waals surface area contributed by atoms with Gasteiger partial charge in [0.1, 0.15) is 0 Å². The van der Waals surface area contributed by atoms with Crippen molar-refractivity contribution in [3.05, 3.63) is 36.5 Å². The normalized spacial score (nSPS) is 12.7. The van der Waals surface area contributed by atoms with Crippen molar-refractivity contribution in [3.8, 4) is 0 Å². The van der Waals surface area contributed by atoms with E-state index < -0.39 is 12.1 Å². The Bertz CT molecular complexity index is 1230. The molecule has 0 aliphatic carbocycles. The Morgan fingerprint density at radius 2 is 0.618 bits per heavy atom. The number of carbonyl (C=O) groups excluding carboxylic acids is 2. The highest BCUT2D eigenvalue weighted by molar-refractivity contribution is 5.76. The summed E-state index contributed by atoms with van der Waals surface area (Å²) in [7, 11) is 0. The topological polar surface area (TPSA) is 95.9 Å². The molecule has 0 saturated carbocycles. The maximum Gasteiger partial charge on any atom is 0.305 e. The molecule has 0 aromatic carbocycles. The number of carbonyl (C=O) groups is 2. The van der Waals surface area contributed by atoms with E-state index in [2.05, 4.69) is 43.5 Å². The molecule has 0 aliphatic rings. The van der Waals surface area contributed by atoms with Crippen molar-refractivity contribution >= 4 is 11.9 Å². The van der Waals surface area contributed by atoms with E-state index in [4.69, 9.17) is 4.74 Å². The van der Waals surface area contributed by atoms with Gasteiger partial charge in [-0.1, -0.05) is 314 Å². The number of aliphatic hydroxyl groups is 2. The summed E-state index contributed by atoms with van der Waals surface area (Å²) in [6, 6.07) is -0.640. The first-order valence-corrected chi connectivity index (χ1v) is 34.3. The van der Waals surface area contributed by atoms with Crippen LogP contribution in [0.3, 0.4) is 0 Å². The Kier molecular flexibility index (Phi) is 63.9. The van der Waals surface area contributed by atoms with Gasteiger partial charge in [0.25, 0.3) is 0 Å². The number of esters is 1. The minimum absolute atomic E-state index is 0.000567. The SMILES string of the molecule is CCCCCCCC/C=C\CCCCCCCCCC(=O)OCCCCCCCCCCC/C=C\CCCCCCCC(=O)NC(CO)C(O)/C=C/CCCCCCCCCCCCCCCCCCCCCCCC. The van der Waals surface area contributed by atoms with Crippen LogP contribution in [-0.4, -0.2) is 47.4 Å². The van der Waals surface area contributed by atoms with Gasteiger partial charge in [-0.2, -0.15) is 0 Å². The van der Waals surface area contributed by atoms with E-state index in [0.29, 0.717) is 19.4 Å². The smallest absolute Gasteiger partial charge is 0.305 e. The molecule has 448 valence electrons. The number of rotatable bonds is 64. The number of hydrogen-bond acceptors (Lipinski definition) is 5. The first kappa shape index (κ1) is 74.1. The fraction of sp³-hybridized carbons (Fsp3) is 0.886. The van der Waals surface area contributed by atoms with Crippen LogP contribution < -0.4 is 5.32 Å². The van der Waals surface area contributed by atoms with Crippen LogP contribution in [0, 0.1) is 0 Å². The number of aliphatic hydroxyl groups excluding tert-OH is 2. The lowest BCUT2D eigenvalue weighted by Crippen LogP contribution is -2.45. The van der Waals surface area contributed by atoms with Crippen LogP contribution >= 0.6 is 0 Å². The number of allylic oxidation sites excluding steroid dienone is 5. The zero-order valence-electron chi connectivity index (χ0n) is 51.3. The molecule has 0 heterocycles. The van der Waals surface area contributed by atoms with Crippen LogP contribution in [0.1, 0.15) is 373 Å². The van der Waals surface area contributed by atoms with E-state index in [1.807, 2.05) is 6.08 Å². The molecule has 0 fully saturated rings. The van der Waals surface area contributed by atoms with Gasteiger partial charge in [-0.15, -0.1) is 0 Å². The van der Waals surface area contributed by atoms with Crippen molar-refractivity contribution in [3.63, 3.8) is 0 Å². The van der Waals surface area contributed by atoms with Gasteiger partial charge in [-0.25, -0.2) is 0 Å². The predicted molar refractivity (Wildman–Crippen MR) is 333 cm³/mol. The summed E-state index contributed by atoms with van der Waals surface area (Å²) >= 11 is 0. The average Bonchev–Trinajstić information content (AvgIpc) is 3.42. The molecule has 0 aliphatic heterocycles. The summed E-state index contributed by atoms with van der Waals surface area (Å²) in [5.41, 5.74) is 0. The molecular weight excluding hydrogens is 935 g/mol. The van der Waals surface area contributed by atoms with Crippen molar-refractivity contribution in [1.29, 1.82) is 0 Å². The van der Waals surface area contributed by atoms with Crippen LogP contribution in [-0.2, 0) is 14.3 Å². The van der Waals surface area contributed by atoms with Crippen molar-refractivity contribution < 1.29 is 24.5 Å². The van der Waals surface area contributed by atoms with Crippen LogP contribution in [0.25, 0.3) is 0 Å². The van der Waals surface area contributed by atoms with Gasteiger partial charge < -0.3 is 20.3 Å². The molecule has 0 rings (SSSR count). The van der Waals surface area contributed by atoms with Crippen molar-refractivity contribution in [2.75, 3.05) is 13.2 Å². The minimum atomic E-state index is -0.855. The maximum absolute atomic E-state index is 12.5. The Labute approximate surface area is 474 Å². The first-order valence-electron chi connectivity index (χ1n) is 34.3. The number of amides is 1. The fourth-order valence-electron chi connectivity index (χ4n) is 10.6. The average molecular weight is 1070 g/mol. The lowest BCUT2D eigenvalue weighted by Gasteiger charge is -2.20. The molecule has 0 spiro atoms. The zero-order chi connectivity index (χ0) is 55.0. The molecule has 1 amide bonds. The van der Waals surface area contributed by atoms with Crippen molar-refractivity contribution in [1.82, 2.24) is 5.32 Å². The van der Waals surface area contributed by atoms with Gasteiger partial charge in [-0.3, -0.25) is 9.59 Å². The summed E-state index contributed by atoms with van der Waals surface area (Å²) in [5, 5.41) is 23.2. The van der Waals surface area contributed by atoms with Gasteiger partial charge in [0.15, 0.2) is 0 Å². The molecule has 3 N–H and O–H groups in total. The third-order valence-corrected chi connectivity index (χ3v) is 15.9. The van der Waals surface area contributed by atoms with Crippen molar-refractivity contribution in [2.45, 2.75) is 386 Å². The maximum atomic E-state index is 12.5. The molecule has 0 saturated heterocycles. The van der Waals surface area contributed by atoms with E-state index in [9.17, 15) is 19.8 Å². The first-order chi connectivity index (χ1) is 37.5. The largest absolute Gasteiger partial charge is 0.466 e. The Hall–Kier alpha value is -1.92. The van der Waals surface area contributed by atoms with Gasteiger partial charge in [0, 0.05) is 12.8 Å². The van der Waals surface area contributed by atoms with E-state index >= 15 is 0 Å². The third kappa shape index (κ3) is 61.3. The molecule has 6 nitrogen and oxygen atoms in total. The molecule has 6 heteroatoms. The Morgan fingerprint density at radius 3 is 0.934 bits per heavy atom. The number of unbranched alkanes of at least 4 members (excludes halogenated alkanes) is 49. The molecule has 76 heavy (non-hydrogen) atoms. The summed E-state index contributed by atoms with van der Waals surface area (Å²) in [4.78, 5) is 24.6. The monoisotopic (exact) mass is 1070 g/mol. The van der Waals surface area contributed by atoms with Crippen LogP contribution in [0.4, 0.5) is 0 Å². The van der Waals surface area contributed by atoms with Crippen LogP contribution in [0.2, 0.25) is 0 Å². The van der Waals surface area contributed by atoms with E-state index in [1.165, 1.54) is 289 Å². The number of ether oxygens (including phenoxy) is 1. The lowest BCUT2D eigenvalue weighted by molar-refractivity contribution is -0.143. The molecule has 0 aromatic heterocycles. The second kappa shape index (κ2) is 65.6. The van der Waals surface area contributed by atoms with Gasteiger partial charge in [0.05, 0.1) is 25.4 Å². The Balaban J connectivity index is 3.47. The minimum Gasteiger partial charge on any atom is -0.466 e. The van der Waals surface area contributed by atoms with Crippen LogP contribution in [0.15, 0.2) is 36.5 Å². The number of hydrogen-bond donors (Lipinski definition) is 3. The van der Waals surface area contributed by atoms with E-state index in [-0.39, 0.29) is 18.5 Å². The lowest BCUT2D eigenvalue weighted by atomic mass is 10.0. The standard InChI is InChI=1S/C70H133NO5/c1-3-5-7-9-11-13-15-17-19-21-22-23-24-25-26-27-31-34-38-42-46-50-54-58-62-68(73)67(66-72)71-69(74)63-59-55-51-47-43-39-35-32-28-29-33-37-41-45-49-53-57-61-65-76-70(75)64-60-56-52-48-44-40-36-30-20-18-16-14-12-10-8-6-4-2/h18,20,32,35,58,62,67-68,72-73H,3-17,19,21-31,33-34,36-57,59-61,63-66H2,1-2H3,(H,71,74)/b20-18-,35-32-,62-58+. The van der Waals surface area contributed by atoms with Gasteiger partial charge in [-0.05, 0) is 83.5 Å². The highest BCUT2D eigenvalue weighted by Crippen LogP contribution is 2.18. The molecular formula is C70H133NO5. The predicted octanol–water partition coefficient (Wildman–Crippen LogP) is 21.9. The highest BCUT2D eigenvalue weighted by Gasteiger charge is 2.18. The fourth-order valence-corrected chi connectivity index (χ4v) is 10.6. The summed E-state index contributed by atoms with van der Waals surface area (Å²) in [6.45, 7) is 4.91. The zero-order valence-corrected chi connectivity index (χ0v) is 51.3. The van der Waals surface area contributed by atoms with Crippen LogP contribution in [0.5, 0.6) is 0 Å². The van der Waals surface area contributed by atoms with Gasteiger partial charge in [0.2, 0.25) is 5.91 Å². The molecule has 2 unspecified atom stereocenters. The van der Waals surface area contributed by atoms with Gasteiger partial charge >= 0.3 is 5.97 Å². The third-order valence-electron chi connectivity index (χ3n) is 15.9. The molecule has 0 radical (unpaired) electrons. The van der Waals surface area contributed by atoms with E-state index in [0.717, 1.165) is 57.8 Å². The number of nitrogens with one attached hydrogen (secondary N) is 1. The Morgan fingerprint density at radius 1 is 0.355 bits per heavy atom. The molecule has 0 aromatic rings. The second-order valence-electron chi connectivity index (χ2n) is 23.5. The second-order valence-corrected chi connectivity index (χ2v) is 23.5. The summed E-state index contributed by atoms with van der Waals surface area (Å²) in [6.07, 6.45) is 83.5. The van der Waals surface area contributed by atoms with Crippen molar-refractivity contribution in [2.24, 2.45) is 0 Å². The quantitative estimate of drug-likeness (QED) is 0.0320.